The van der Waals surface area contributed by atoms with Gasteiger partial charge in [0.05, 0.1) is 5.25 Å². The van der Waals surface area contributed by atoms with Gasteiger partial charge in [-0.15, -0.1) is 0 Å². The maximum Gasteiger partial charge on any atom is 0.408 e. The Balaban J connectivity index is 1.93. The minimum atomic E-state index is -3.81. The van der Waals surface area contributed by atoms with Crippen LogP contribution in [0, 0.1) is 11.8 Å². The molecule has 0 spiro atoms. The first-order chi connectivity index (χ1) is 18.4. The van der Waals surface area contributed by atoms with E-state index in [1.807, 2.05) is 26.8 Å². The number of thioether (sulfide) groups is 1. The lowest BCUT2D eigenvalue weighted by molar-refractivity contribution is -0.141. The summed E-state index contributed by atoms with van der Waals surface area (Å²) in [6.07, 6.45) is 4.91. The molecule has 2 aliphatic heterocycles. The summed E-state index contributed by atoms with van der Waals surface area (Å²) in [7, 11) is -3.81. The first-order valence-corrected chi connectivity index (χ1v) is 16.4. The second-order valence-corrected chi connectivity index (χ2v) is 16.4. The van der Waals surface area contributed by atoms with E-state index in [1.165, 1.54) is 16.7 Å². The van der Waals surface area contributed by atoms with Crippen LogP contribution >= 0.6 is 11.8 Å². The van der Waals surface area contributed by atoms with Crippen molar-refractivity contribution in [2.75, 3.05) is 12.3 Å². The zero-order valence-corrected chi connectivity index (χ0v) is 26.1. The van der Waals surface area contributed by atoms with Crippen molar-refractivity contribution in [2.24, 2.45) is 11.8 Å². The molecule has 0 bridgehead atoms. The summed E-state index contributed by atoms with van der Waals surface area (Å²) in [5, 5.41) is 4.92. The zero-order valence-electron chi connectivity index (χ0n) is 24.5. The molecular weight excluding hydrogens is 556 g/mol. The molecule has 0 aromatic rings. The standard InChI is InChI=1S/C27H44N4O7S2/c1-16-14-19-22(32)28-20(23(33)30-40(36,37)18-11-12-18)17(2)10-8-9-13-39-27(6,7)21(24(34)31(19)15-16)29-25(35)38-26(3,4)5/h8,10,16-21H,9,11-15H2,1-7H3,(H,28,32)(H,29,35)(H,30,33)/b10-8+/t16?,17-,19-,20?,21?/m0/s1. The third-order valence-electron chi connectivity index (χ3n) is 7.21. The molecule has 1 saturated carbocycles. The Labute approximate surface area is 242 Å². The smallest absolute Gasteiger partial charge is 0.408 e. The van der Waals surface area contributed by atoms with Crippen LogP contribution in [-0.2, 0) is 29.1 Å². The van der Waals surface area contributed by atoms with Crippen LogP contribution in [0.4, 0.5) is 4.79 Å². The molecule has 1 aliphatic carbocycles. The summed E-state index contributed by atoms with van der Waals surface area (Å²) >= 11 is 1.51. The van der Waals surface area contributed by atoms with Gasteiger partial charge in [0.15, 0.2) is 0 Å². The Hall–Kier alpha value is -2.28. The van der Waals surface area contributed by atoms with Crippen molar-refractivity contribution >= 4 is 45.6 Å². The van der Waals surface area contributed by atoms with E-state index >= 15 is 0 Å². The first-order valence-electron chi connectivity index (χ1n) is 13.9. The largest absolute Gasteiger partial charge is 0.444 e. The van der Waals surface area contributed by atoms with Crippen LogP contribution in [0.2, 0.25) is 0 Å². The van der Waals surface area contributed by atoms with Crippen molar-refractivity contribution in [3.05, 3.63) is 12.2 Å². The van der Waals surface area contributed by atoms with Crippen LogP contribution in [0.15, 0.2) is 12.2 Å². The van der Waals surface area contributed by atoms with Gasteiger partial charge in [0.25, 0.3) is 5.91 Å². The summed E-state index contributed by atoms with van der Waals surface area (Å²) < 4.78 is 31.8. The SMILES string of the molecule is CC1C[C@H]2C(=O)NC(C(=O)NS(=O)(=O)C3CC3)[C@@H](C)/C=C/CCSC(C)(C)C(NC(=O)OC(C)(C)C)C(=O)N2C1. The van der Waals surface area contributed by atoms with E-state index in [1.54, 1.807) is 33.8 Å². The molecule has 1 saturated heterocycles. The highest BCUT2D eigenvalue weighted by atomic mass is 32.2. The van der Waals surface area contributed by atoms with Crippen LogP contribution < -0.4 is 15.4 Å². The van der Waals surface area contributed by atoms with E-state index in [0.29, 0.717) is 38.0 Å². The van der Waals surface area contributed by atoms with Crippen molar-refractivity contribution in [1.82, 2.24) is 20.3 Å². The highest BCUT2D eigenvalue weighted by molar-refractivity contribution is 8.00. The zero-order chi connectivity index (χ0) is 30.0. The summed E-state index contributed by atoms with van der Waals surface area (Å²) in [4.78, 5) is 55.1. The van der Waals surface area contributed by atoms with E-state index in [0.717, 1.165) is 0 Å². The highest BCUT2D eigenvalue weighted by Crippen LogP contribution is 2.33. The number of ether oxygens (including phenoxy) is 1. The number of carbonyl (C=O) groups excluding carboxylic acids is 4. The second-order valence-electron chi connectivity index (χ2n) is 12.7. The quantitative estimate of drug-likeness (QED) is 0.416. The average molecular weight is 601 g/mol. The molecule has 3 unspecified atom stereocenters. The van der Waals surface area contributed by atoms with Gasteiger partial charge >= 0.3 is 6.09 Å². The number of amides is 4. The van der Waals surface area contributed by atoms with E-state index in [4.69, 9.17) is 4.74 Å². The molecule has 226 valence electrons. The lowest BCUT2D eigenvalue weighted by atomic mass is 9.98. The van der Waals surface area contributed by atoms with Gasteiger partial charge in [-0.3, -0.25) is 19.1 Å². The van der Waals surface area contributed by atoms with Gasteiger partial charge in [-0.25, -0.2) is 13.2 Å². The number of alkyl carbamates (subject to hydrolysis) is 1. The van der Waals surface area contributed by atoms with Crippen LogP contribution in [-0.4, -0.2) is 83.2 Å². The number of sulfonamides is 1. The highest BCUT2D eigenvalue weighted by Gasteiger charge is 2.47. The lowest BCUT2D eigenvalue weighted by Crippen LogP contribution is -2.61. The number of nitrogens with zero attached hydrogens (tertiary/aromatic N) is 1. The predicted molar refractivity (Wildman–Crippen MR) is 154 cm³/mol. The molecular formula is C27H44N4O7S2. The van der Waals surface area contributed by atoms with E-state index in [9.17, 15) is 27.6 Å². The molecule has 3 rings (SSSR count). The summed E-state index contributed by atoms with van der Waals surface area (Å²) in [5.41, 5.74) is -0.763. The summed E-state index contributed by atoms with van der Waals surface area (Å²) in [6, 6.07) is -3.02. The maximum atomic E-state index is 14.0. The molecule has 11 nitrogen and oxygen atoms in total. The molecule has 0 radical (unpaired) electrons. The molecule has 2 heterocycles. The van der Waals surface area contributed by atoms with Crippen LogP contribution in [0.1, 0.15) is 74.1 Å². The third kappa shape index (κ3) is 8.37. The fraction of sp³-hybridized carbons (Fsp3) is 0.778. The minimum Gasteiger partial charge on any atom is -0.444 e. The third-order valence-corrected chi connectivity index (χ3v) is 10.5. The maximum absolute atomic E-state index is 14.0. The fourth-order valence-corrected chi connectivity index (χ4v) is 7.35. The molecule has 3 N–H and O–H groups in total. The number of hydrogen-bond acceptors (Lipinski definition) is 8. The minimum absolute atomic E-state index is 0.00633. The van der Waals surface area contributed by atoms with Gasteiger partial charge in [-0.2, -0.15) is 11.8 Å². The Bertz CT molecular complexity index is 1130. The van der Waals surface area contributed by atoms with Crippen molar-refractivity contribution in [3.8, 4) is 0 Å². The van der Waals surface area contributed by atoms with Gasteiger partial charge in [0, 0.05) is 17.2 Å². The molecule has 0 aromatic heterocycles. The van der Waals surface area contributed by atoms with Gasteiger partial charge in [0.2, 0.25) is 21.8 Å². The monoisotopic (exact) mass is 600 g/mol. The van der Waals surface area contributed by atoms with E-state index in [-0.39, 0.29) is 5.92 Å². The molecule has 0 aromatic carbocycles. The van der Waals surface area contributed by atoms with Crippen LogP contribution in [0.25, 0.3) is 0 Å². The Morgan fingerprint density at radius 2 is 1.82 bits per heavy atom. The number of carbonyl (C=O) groups is 4. The van der Waals surface area contributed by atoms with Crippen LogP contribution in [0.3, 0.4) is 0 Å². The Kier molecular flexibility index (Phi) is 9.91. The number of fused-ring (bicyclic) bond motifs is 1. The van der Waals surface area contributed by atoms with Gasteiger partial charge < -0.3 is 20.3 Å². The van der Waals surface area contributed by atoms with E-state index < -0.39 is 73.5 Å². The van der Waals surface area contributed by atoms with Gasteiger partial charge in [-0.05, 0) is 72.0 Å². The summed E-state index contributed by atoms with van der Waals surface area (Å²) in [5.74, 6) is -1.63. The molecule has 2 fully saturated rings. The number of allylic oxidation sites excluding steroid dienone is 1. The summed E-state index contributed by atoms with van der Waals surface area (Å²) in [6.45, 7) is 12.9. The van der Waals surface area contributed by atoms with Crippen molar-refractivity contribution < 1.29 is 32.3 Å². The molecule has 4 amide bonds. The number of rotatable bonds is 4. The lowest BCUT2D eigenvalue weighted by Gasteiger charge is -2.38. The topological polar surface area (TPSA) is 151 Å². The van der Waals surface area contributed by atoms with Crippen molar-refractivity contribution in [1.29, 1.82) is 0 Å². The first kappa shape index (κ1) is 32.2. The average Bonchev–Trinajstić information content (AvgIpc) is 3.60. The van der Waals surface area contributed by atoms with E-state index in [2.05, 4.69) is 15.4 Å². The molecule has 40 heavy (non-hydrogen) atoms. The van der Waals surface area contributed by atoms with Gasteiger partial charge in [-0.1, -0.05) is 26.0 Å². The molecule has 3 aliphatic rings. The van der Waals surface area contributed by atoms with Crippen molar-refractivity contribution in [2.45, 2.75) is 108 Å². The Morgan fingerprint density at radius 3 is 2.42 bits per heavy atom. The molecule has 13 heteroatoms. The fourth-order valence-electron chi connectivity index (χ4n) is 4.91. The van der Waals surface area contributed by atoms with Crippen molar-refractivity contribution in [3.63, 3.8) is 0 Å². The molecule has 5 atom stereocenters. The second kappa shape index (κ2) is 12.3. The Morgan fingerprint density at radius 1 is 1.18 bits per heavy atom. The van der Waals surface area contributed by atoms with Crippen LogP contribution in [0.5, 0.6) is 0 Å². The number of nitrogens with one attached hydrogen (secondary N) is 3. The van der Waals surface area contributed by atoms with Gasteiger partial charge in [0.1, 0.15) is 23.7 Å². The predicted octanol–water partition coefficient (Wildman–Crippen LogP) is 2.32. The number of hydrogen-bond donors (Lipinski definition) is 3. The normalized spacial score (nSPS) is 30.9.